The molecule has 0 unspecified atom stereocenters. The van der Waals surface area contributed by atoms with E-state index in [9.17, 15) is 8.42 Å². The van der Waals surface area contributed by atoms with Crippen LogP contribution in [0.25, 0.3) is 0 Å². The van der Waals surface area contributed by atoms with Crippen LogP contribution >= 0.6 is 0 Å². The van der Waals surface area contributed by atoms with Crippen molar-refractivity contribution in [3.8, 4) is 0 Å². The number of anilines is 1. The van der Waals surface area contributed by atoms with Crippen molar-refractivity contribution in [3.63, 3.8) is 0 Å². The van der Waals surface area contributed by atoms with Gasteiger partial charge in [0.15, 0.2) is 0 Å². The van der Waals surface area contributed by atoms with Gasteiger partial charge < -0.3 is 4.90 Å². The third-order valence-corrected chi connectivity index (χ3v) is 7.49. The first-order valence-electron chi connectivity index (χ1n) is 10.3. The molecule has 0 bridgehead atoms. The molecule has 1 aliphatic heterocycles. The predicted octanol–water partition coefficient (Wildman–Crippen LogP) is 4.45. The van der Waals surface area contributed by atoms with Crippen molar-refractivity contribution in [2.45, 2.75) is 50.8 Å². The summed E-state index contributed by atoms with van der Waals surface area (Å²) in [7, 11) is -1.92. The zero-order chi connectivity index (χ0) is 20.3. The molecule has 0 radical (unpaired) electrons. The number of benzene rings is 2. The van der Waals surface area contributed by atoms with Gasteiger partial charge in [-0.05, 0) is 72.7 Å². The van der Waals surface area contributed by atoms with Gasteiger partial charge in [-0.15, -0.1) is 0 Å². The van der Waals surface area contributed by atoms with Gasteiger partial charge in [-0.1, -0.05) is 39.0 Å². The Balaban J connectivity index is 1.83. The lowest BCUT2D eigenvalue weighted by Crippen LogP contribution is -2.27. The molecule has 0 spiro atoms. The van der Waals surface area contributed by atoms with Gasteiger partial charge in [-0.2, -0.15) is 0 Å². The minimum Gasteiger partial charge on any atom is -0.303 e. The van der Waals surface area contributed by atoms with Crippen LogP contribution in [0.3, 0.4) is 0 Å². The Labute approximate surface area is 170 Å². The number of hydrogen-bond donors (Lipinski definition) is 0. The van der Waals surface area contributed by atoms with Crippen LogP contribution in [0.4, 0.5) is 5.69 Å². The standard InChI is InChI=1S/C23H32N2O2S/c1-5-14-25-15-12-20-6-9-22(17-21(20)13-16-25)24(4)28(26,27)23-10-7-19(8-11-23)18(2)3/h6-11,17-18H,5,12-16H2,1-4H3. The van der Waals surface area contributed by atoms with Crippen molar-refractivity contribution in [1.82, 2.24) is 4.90 Å². The first-order valence-corrected chi connectivity index (χ1v) is 11.7. The number of sulfonamides is 1. The van der Waals surface area contributed by atoms with Crippen LogP contribution < -0.4 is 4.31 Å². The molecule has 0 saturated carbocycles. The lowest BCUT2D eigenvalue weighted by molar-refractivity contribution is 0.288. The zero-order valence-corrected chi connectivity index (χ0v) is 18.3. The van der Waals surface area contributed by atoms with Crippen LogP contribution in [0.5, 0.6) is 0 Å². The SMILES string of the molecule is CCCN1CCc2ccc(N(C)S(=O)(=O)c3ccc(C(C)C)cc3)cc2CC1. The second kappa shape index (κ2) is 8.66. The highest BCUT2D eigenvalue weighted by Gasteiger charge is 2.23. The average Bonchev–Trinajstić information content (AvgIpc) is 2.89. The molecule has 1 heterocycles. The molecule has 28 heavy (non-hydrogen) atoms. The highest BCUT2D eigenvalue weighted by Crippen LogP contribution is 2.27. The van der Waals surface area contributed by atoms with Crippen LogP contribution in [0.1, 0.15) is 49.8 Å². The van der Waals surface area contributed by atoms with E-state index in [0.717, 1.165) is 50.1 Å². The van der Waals surface area contributed by atoms with Gasteiger partial charge in [0.25, 0.3) is 10.0 Å². The highest BCUT2D eigenvalue weighted by atomic mass is 32.2. The average molecular weight is 401 g/mol. The molecule has 0 N–H and O–H groups in total. The van der Waals surface area contributed by atoms with E-state index in [1.54, 1.807) is 19.2 Å². The summed E-state index contributed by atoms with van der Waals surface area (Å²) in [6.07, 6.45) is 3.17. The Morgan fingerprint density at radius 2 is 1.64 bits per heavy atom. The van der Waals surface area contributed by atoms with Crippen LogP contribution in [0.2, 0.25) is 0 Å². The Morgan fingerprint density at radius 1 is 1.00 bits per heavy atom. The van der Waals surface area contributed by atoms with Crippen molar-refractivity contribution < 1.29 is 8.42 Å². The molecule has 0 amide bonds. The largest absolute Gasteiger partial charge is 0.303 e. The van der Waals surface area contributed by atoms with Crippen molar-refractivity contribution in [2.24, 2.45) is 0 Å². The number of rotatable bonds is 6. The van der Waals surface area contributed by atoms with E-state index in [4.69, 9.17) is 0 Å². The smallest absolute Gasteiger partial charge is 0.264 e. The van der Waals surface area contributed by atoms with Gasteiger partial charge in [-0.3, -0.25) is 4.31 Å². The summed E-state index contributed by atoms with van der Waals surface area (Å²) in [5.74, 6) is 0.381. The third-order valence-electron chi connectivity index (χ3n) is 5.69. The Kier molecular flexibility index (Phi) is 6.46. The van der Waals surface area contributed by atoms with E-state index in [-0.39, 0.29) is 0 Å². The maximum atomic E-state index is 13.1. The van der Waals surface area contributed by atoms with Gasteiger partial charge >= 0.3 is 0 Å². The van der Waals surface area contributed by atoms with Crippen LogP contribution in [0.15, 0.2) is 47.4 Å². The second-order valence-electron chi connectivity index (χ2n) is 7.99. The fourth-order valence-corrected chi connectivity index (χ4v) is 5.00. The molecule has 5 heteroatoms. The summed E-state index contributed by atoms with van der Waals surface area (Å²) < 4.78 is 27.6. The minimum absolute atomic E-state index is 0.337. The first-order chi connectivity index (χ1) is 13.3. The summed E-state index contributed by atoms with van der Waals surface area (Å²) >= 11 is 0. The molecule has 0 atom stereocenters. The van der Waals surface area contributed by atoms with Crippen molar-refractivity contribution in [3.05, 3.63) is 59.2 Å². The third kappa shape index (κ3) is 4.41. The van der Waals surface area contributed by atoms with Crippen LogP contribution in [-0.4, -0.2) is 40.0 Å². The van der Waals surface area contributed by atoms with E-state index in [1.807, 2.05) is 18.2 Å². The summed E-state index contributed by atoms with van der Waals surface area (Å²) in [5.41, 5.74) is 4.49. The van der Waals surface area contributed by atoms with Gasteiger partial charge in [-0.25, -0.2) is 8.42 Å². The quantitative estimate of drug-likeness (QED) is 0.719. The molecule has 0 aromatic heterocycles. The Morgan fingerprint density at radius 3 is 2.25 bits per heavy atom. The molecule has 2 aromatic rings. The lowest BCUT2D eigenvalue weighted by atomic mass is 10.0. The van der Waals surface area contributed by atoms with Crippen LogP contribution in [-0.2, 0) is 22.9 Å². The van der Waals surface area contributed by atoms with Crippen molar-refractivity contribution in [1.29, 1.82) is 0 Å². The fourth-order valence-electron chi connectivity index (χ4n) is 3.82. The predicted molar refractivity (Wildman–Crippen MR) is 117 cm³/mol. The summed E-state index contributed by atoms with van der Waals surface area (Å²) in [4.78, 5) is 2.83. The fraction of sp³-hybridized carbons (Fsp3) is 0.478. The summed E-state index contributed by atoms with van der Waals surface area (Å²) in [5, 5.41) is 0. The topological polar surface area (TPSA) is 40.6 Å². The molecule has 0 fully saturated rings. The zero-order valence-electron chi connectivity index (χ0n) is 17.5. The van der Waals surface area contributed by atoms with Gasteiger partial charge in [0, 0.05) is 20.1 Å². The maximum absolute atomic E-state index is 13.1. The molecule has 152 valence electrons. The van der Waals surface area contributed by atoms with Gasteiger partial charge in [0.2, 0.25) is 0 Å². The first kappa shape index (κ1) is 20.9. The van der Waals surface area contributed by atoms with Crippen molar-refractivity contribution in [2.75, 3.05) is 31.0 Å². The van der Waals surface area contributed by atoms with Gasteiger partial charge in [0.05, 0.1) is 10.6 Å². The van der Waals surface area contributed by atoms with E-state index in [1.165, 1.54) is 15.4 Å². The van der Waals surface area contributed by atoms with E-state index in [0.29, 0.717) is 10.8 Å². The van der Waals surface area contributed by atoms with E-state index >= 15 is 0 Å². The molecule has 0 aliphatic carbocycles. The second-order valence-corrected chi connectivity index (χ2v) is 9.96. The summed E-state index contributed by atoms with van der Waals surface area (Å²) in [6, 6.07) is 13.4. The normalized spacial score (nSPS) is 15.3. The molecular weight excluding hydrogens is 368 g/mol. The van der Waals surface area contributed by atoms with Crippen molar-refractivity contribution >= 4 is 15.7 Å². The Hall–Kier alpha value is -1.85. The molecular formula is C23H32N2O2S. The minimum atomic E-state index is -3.57. The molecule has 0 saturated heterocycles. The van der Waals surface area contributed by atoms with E-state index < -0.39 is 10.0 Å². The monoisotopic (exact) mass is 400 g/mol. The number of nitrogens with zero attached hydrogens (tertiary/aromatic N) is 2. The lowest BCUT2D eigenvalue weighted by Gasteiger charge is -2.21. The molecule has 1 aliphatic rings. The van der Waals surface area contributed by atoms with E-state index in [2.05, 4.69) is 37.8 Å². The van der Waals surface area contributed by atoms with Crippen LogP contribution in [0, 0.1) is 0 Å². The molecule has 2 aromatic carbocycles. The Bertz CT molecular complexity index is 905. The molecule has 4 nitrogen and oxygen atoms in total. The summed E-state index contributed by atoms with van der Waals surface area (Å²) in [6.45, 7) is 9.67. The highest BCUT2D eigenvalue weighted by molar-refractivity contribution is 7.92. The maximum Gasteiger partial charge on any atom is 0.264 e. The van der Waals surface area contributed by atoms with Gasteiger partial charge in [0.1, 0.15) is 0 Å². The number of fused-ring (bicyclic) bond motifs is 1. The molecule has 3 rings (SSSR count). The number of hydrogen-bond acceptors (Lipinski definition) is 3.